The first-order valence-electron chi connectivity index (χ1n) is 7.57. The second kappa shape index (κ2) is 7.73. The molecule has 136 valence electrons. The number of nitrogens with zero attached hydrogens (tertiary/aromatic N) is 1. The van der Waals surface area contributed by atoms with Gasteiger partial charge in [0.05, 0.1) is 24.2 Å². The third-order valence-corrected chi connectivity index (χ3v) is 3.72. The van der Waals surface area contributed by atoms with Gasteiger partial charge in [-0.1, -0.05) is 12.1 Å². The normalized spacial score (nSPS) is 11.2. The van der Waals surface area contributed by atoms with Crippen molar-refractivity contribution in [1.29, 1.82) is 5.41 Å². The maximum atomic E-state index is 14.2. The highest BCUT2D eigenvalue weighted by Gasteiger charge is 2.16. The summed E-state index contributed by atoms with van der Waals surface area (Å²) in [5, 5.41) is 9.53. The molecule has 0 aliphatic heterocycles. The van der Waals surface area contributed by atoms with Gasteiger partial charge in [-0.3, -0.25) is 4.79 Å². The number of ether oxygens (including phenoxy) is 1. The predicted octanol–water partition coefficient (Wildman–Crippen LogP) is 3.38. The van der Waals surface area contributed by atoms with Crippen LogP contribution in [-0.4, -0.2) is 24.2 Å². The Hall–Kier alpha value is -3.29. The number of aryl methyl sites for hydroxylation is 2. The molecular formula is C18H18F2N4O2. The van der Waals surface area contributed by atoms with E-state index in [2.05, 4.69) is 10.3 Å². The minimum atomic E-state index is -1.19. The second-order valence-corrected chi connectivity index (χ2v) is 5.50. The van der Waals surface area contributed by atoms with Crippen LogP contribution in [0.1, 0.15) is 22.4 Å². The molecule has 1 amide bonds. The van der Waals surface area contributed by atoms with Crippen molar-refractivity contribution in [2.24, 2.45) is 0 Å². The molecule has 0 aliphatic rings. The highest BCUT2D eigenvalue weighted by molar-refractivity contribution is 6.05. The van der Waals surface area contributed by atoms with Crippen LogP contribution in [0, 0.1) is 25.1 Å². The zero-order valence-corrected chi connectivity index (χ0v) is 14.5. The minimum Gasteiger partial charge on any atom is -0.481 e. The largest absolute Gasteiger partial charge is 0.481 e. The maximum Gasteiger partial charge on any atom is 0.284 e. The highest BCUT2D eigenvalue weighted by atomic mass is 19.1. The van der Waals surface area contributed by atoms with Crippen LogP contribution in [0.25, 0.3) is 6.08 Å². The Bertz CT molecular complexity index is 887. The fourth-order valence-corrected chi connectivity index (χ4v) is 2.33. The van der Waals surface area contributed by atoms with E-state index >= 15 is 0 Å². The van der Waals surface area contributed by atoms with E-state index in [4.69, 9.17) is 15.9 Å². The highest BCUT2D eigenvalue weighted by Crippen LogP contribution is 2.25. The first-order chi connectivity index (χ1) is 12.3. The van der Waals surface area contributed by atoms with E-state index in [1.807, 2.05) is 0 Å². The number of pyridine rings is 1. The zero-order valence-electron chi connectivity index (χ0n) is 14.5. The van der Waals surface area contributed by atoms with Crippen molar-refractivity contribution < 1.29 is 18.3 Å². The average molecular weight is 360 g/mol. The molecule has 0 spiro atoms. The number of anilines is 2. The molecule has 1 aromatic heterocycles. The van der Waals surface area contributed by atoms with E-state index in [0.29, 0.717) is 22.8 Å². The SMILES string of the molecule is COc1cc(C)c(NC(=O)/C(F)=C/c2ccc(C=N)c(N)c2F)c(C)n1. The zero-order chi connectivity index (χ0) is 19.4. The lowest BCUT2D eigenvalue weighted by Gasteiger charge is -2.12. The number of hydrogen-bond acceptors (Lipinski definition) is 5. The van der Waals surface area contributed by atoms with Crippen molar-refractivity contribution in [2.45, 2.75) is 13.8 Å². The van der Waals surface area contributed by atoms with Crippen LogP contribution in [0.15, 0.2) is 24.0 Å². The van der Waals surface area contributed by atoms with Gasteiger partial charge in [-0.15, -0.1) is 0 Å². The summed E-state index contributed by atoms with van der Waals surface area (Å²) in [6, 6.07) is 4.20. The molecule has 0 aliphatic carbocycles. The van der Waals surface area contributed by atoms with Crippen LogP contribution in [0.5, 0.6) is 5.88 Å². The molecule has 0 saturated heterocycles. The molecule has 0 atom stereocenters. The predicted molar refractivity (Wildman–Crippen MR) is 96.7 cm³/mol. The molecular weight excluding hydrogens is 342 g/mol. The Morgan fingerprint density at radius 1 is 1.35 bits per heavy atom. The van der Waals surface area contributed by atoms with E-state index in [1.54, 1.807) is 19.9 Å². The van der Waals surface area contributed by atoms with Gasteiger partial charge in [-0.2, -0.15) is 0 Å². The number of nitrogens with one attached hydrogen (secondary N) is 2. The van der Waals surface area contributed by atoms with Crippen molar-refractivity contribution in [3.05, 3.63) is 52.2 Å². The fourth-order valence-electron chi connectivity index (χ4n) is 2.33. The number of rotatable bonds is 5. The molecule has 8 heteroatoms. The van der Waals surface area contributed by atoms with Gasteiger partial charge < -0.3 is 21.2 Å². The van der Waals surface area contributed by atoms with Crippen molar-refractivity contribution in [2.75, 3.05) is 18.2 Å². The molecule has 26 heavy (non-hydrogen) atoms. The number of aromatic nitrogens is 1. The Labute approximate surface area is 149 Å². The third-order valence-electron chi connectivity index (χ3n) is 3.72. The van der Waals surface area contributed by atoms with Crippen LogP contribution in [0.2, 0.25) is 0 Å². The number of amides is 1. The summed E-state index contributed by atoms with van der Waals surface area (Å²) in [5.41, 5.74) is 6.67. The third kappa shape index (κ3) is 3.85. The quantitative estimate of drug-likeness (QED) is 0.432. The number of hydrogen-bond donors (Lipinski definition) is 3. The van der Waals surface area contributed by atoms with Crippen molar-refractivity contribution in [3.8, 4) is 5.88 Å². The molecule has 1 heterocycles. The van der Waals surface area contributed by atoms with Crippen LogP contribution in [0.4, 0.5) is 20.2 Å². The van der Waals surface area contributed by atoms with E-state index in [1.165, 1.54) is 19.2 Å². The molecule has 1 aromatic carbocycles. The molecule has 2 rings (SSSR count). The Kier molecular flexibility index (Phi) is 5.66. The molecule has 0 saturated carbocycles. The van der Waals surface area contributed by atoms with Crippen molar-refractivity contribution in [3.63, 3.8) is 0 Å². The smallest absolute Gasteiger partial charge is 0.284 e. The number of nitrogens with two attached hydrogens (primary N) is 1. The maximum absolute atomic E-state index is 14.2. The summed E-state index contributed by atoms with van der Waals surface area (Å²) < 4.78 is 33.4. The molecule has 4 N–H and O–H groups in total. The molecule has 6 nitrogen and oxygen atoms in total. The standard InChI is InChI=1S/C18H18F2N4O2/c1-9-6-14(26-3)23-10(2)17(9)24-18(25)13(19)7-11-4-5-12(8-21)16(22)15(11)20/h4-8,21H,22H2,1-3H3,(H,24,25)/b13-7-,21-8?. The van der Waals surface area contributed by atoms with E-state index < -0.39 is 17.6 Å². The first kappa shape index (κ1) is 19.0. The van der Waals surface area contributed by atoms with Crippen molar-refractivity contribution >= 4 is 29.6 Å². The van der Waals surface area contributed by atoms with Crippen LogP contribution < -0.4 is 15.8 Å². The number of methoxy groups -OCH3 is 1. The molecule has 0 bridgehead atoms. The van der Waals surface area contributed by atoms with Gasteiger partial charge in [0.2, 0.25) is 5.88 Å². The molecule has 2 aromatic rings. The lowest BCUT2D eigenvalue weighted by molar-refractivity contribution is -0.114. The molecule has 0 radical (unpaired) electrons. The number of benzene rings is 1. The van der Waals surface area contributed by atoms with E-state index in [-0.39, 0.29) is 16.8 Å². The van der Waals surface area contributed by atoms with Crippen molar-refractivity contribution in [1.82, 2.24) is 4.98 Å². The summed E-state index contributed by atoms with van der Waals surface area (Å²) >= 11 is 0. The number of carbonyl (C=O) groups excluding carboxylic acids is 1. The van der Waals surface area contributed by atoms with Gasteiger partial charge in [-0.05, 0) is 25.5 Å². The van der Waals surface area contributed by atoms with Gasteiger partial charge in [-0.25, -0.2) is 13.8 Å². The van der Waals surface area contributed by atoms with Crippen LogP contribution >= 0.6 is 0 Å². The molecule has 0 fully saturated rings. The van der Waals surface area contributed by atoms with Gasteiger partial charge in [0, 0.05) is 23.4 Å². The minimum absolute atomic E-state index is 0.167. The van der Waals surface area contributed by atoms with Crippen LogP contribution in [0.3, 0.4) is 0 Å². The average Bonchev–Trinajstić information content (AvgIpc) is 2.61. The Morgan fingerprint density at radius 3 is 2.58 bits per heavy atom. The van der Waals surface area contributed by atoms with Crippen LogP contribution in [-0.2, 0) is 4.79 Å². The number of halogens is 2. The summed E-state index contributed by atoms with van der Waals surface area (Å²) in [6.07, 6.45) is 1.63. The number of nitrogen functional groups attached to an aromatic ring is 1. The van der Waals surface area contributed by atoms with Gasteiger partial charge in [0.15, 0.2) is 11.6 Å². The van der Waals surface area contributed by atoms with Gasteiger partial charge in [0.1, 0.15) is 0 Å². The lowest BCUT2D eigenvalue weighted by Crippen LogP contribution is -2.15. The Morgan fingerprint density at radius 2 is 2.00 bits per heavy atom. The summed E-state index contributed by atoms with van der Waals surface area (Å²) in [4.78, 5) is 16.2. The monoisotopic (exact) mass is 360 g/mol. The summed E-state index contributed by atoms with van der Waals surface area (Å²) in [5.74, 6) is -2.76. The molecule has 0 unspecified atom stereocenters. The van der Waals surface area contributed by atoms with E-state index in [9.17, 15) is 13.6 Å². The van der Waals surface area contributed by atoms with Gasteiger partial charge in [0.25, 0.3) is 5.91 Å². The van der Waals surface area contributed by atoms with E-state index in [0.717, 1.165) is 12.3 Å². The Balaban J connectivity index is 2.30. The lowest BCUT2D eigenvalue weighted by atomic mass is 10.1. The van der Waals surface area contributed by atoms with Gasteiger partial charge >= 0.3 is 0 Å². The topological polar surface area (TPSA) is 101 Å². The summed E-state index contributed by atoms with van der Waals surface area (Å²) in [7, 11) is 1.46. The first-order valence-corrected chi connectivity index (χ1v) is 7.57. The second-order valence-electron chi connectivity index (χ2n) is 5.50. The number of carbonyl (C=O) groups is 1. The summed E-state index contributed by atoms with van der Waals surface area (Å²) in [6.45, 7) is 3.36. The fraction of sp³-hybridized carbons (Fsp3) is 0.167.